The molecule has 88 valence electrons. The van der Waals surface area contributed by atoms with E-state index in [9.17, 15) is 9.18 Å². The average molecular weight is 225 g/mol. The molecule has 0 saturated carbocycles. The van der Waals surface area contributed by atoms with Crippen LogP contribution >= 0.6 is 0 Å². The van der Waals surface area contributed by atoms with Crippen molar-refractivity contribution in [1.82, 2.24) is 4.90 Å². The van der Waals surface area contributed by atoms with E-state index < -0.39 is 11.8 Å². The fourth-order valence-electron chi connectivity index (χ4n) is 1.56. The second kappa shape index (κ2) is 5.61. The van der Waals surface area contributed by atoms with Gasteiger partial charge in [-0.05, 0) is 32.1 Å². The summed E-state index contributed by atoms with van der Waals surface area (Å²) in [6, 6.07) is 4.03. The fraction of sp³-hybridized carbons (Fsp3) is 0.417. The Morgan fingerprint density at radius 1 is 1.50 bits per heavy atom. The smallest absolute Gasteiger partial charge is 0.335 e. The Kier molecular flexibility index (Phi) is 4.43. The highest BCUT2D eigenvalue weighted by Gasteiger charge is 2.09. The predicted molar refractivity (Wildman–Crippen MR) is 60.0 cm³/mol. The minimum atomic E-state index is -1.10. The molecule has 0 amide bonds. The van der Waals surface area contributed by atoms with E-state index in [4.69, 9.17) is 5.11 Å². The lowest BCUT2D eigenvalue weighted by atomic mass is 10.1. The molecule has 0 aliphatic carbocycles. The minimum absolute atomic E-state index is 0.0144. The Morgan fingerprint density at radius 2 is 2.19 bits per heavy atom. The van der Waals surface area contributed by atoms with Gasteiger partial charge in [-0.2, -0.15) is 0 Å². The number of hydrogen-bond donors (Lipinski definition) is 1. The van der Waals surface area contributed by atoms with Gasteiger partial charge in [-0.15, -0.1) is 0 Å². The molecule has 0 fully saturated rings. The van der Waals surface area contributed by atoms with Gasteiger partial charge in [0.05, 0.1) is 5.56 Å². The first-order valence-corrected chi connectivity index (χ1v) is 5.25. The molecule has 0 saturated heterocycles. The molecule has 0 atom stereocenters. The molecule has 16 heavy (non-hydrogen) atoms. The largest absolute Gasteiger partial charge is 0.478 e. The van der Waals surface area contributed by atoms with E-state index in [0.717, 1.165) is 19.0 Å². The monoisotopic (exact) mass is 225 g/mol. The van der Waals surface area contributed by atoms with Crippen LogP contribution in [-0.4, -0.2) is 29.6 Å². The first-order chi connectivity index (χ1) is 7.54. The molecule has 1 N–H and O–H groups in total. The van der Waals surface area contributed by atoms with E-state index in [-0.39, 0.29) is 5.56 Å². The van der Waals surface area contributed by atoms with Gasteiger partial charge in [0.25, 0.3) is 0 Å². The highest BCUT2D eigenvalue weighted by Crippen LogP contribution is 2.12. The summed E-state index contributed by atoms with van der Waals surface area (Å²) in [4.78, 5) is 12.6. The number of halogens is 1. The van der Waals surface area contributed by atoms with Gasteiger partial charge in [-0.25, -0.2) is 9.18 Å². The van der Waals surface area contributed by atoms with Crippen LogP contribution < -0.4 is 0 Å². The molecular weight excluding hydrogens is 209 g/mol. The third-order valence-corrected chi connectivity index (χ3v) is 2.35. The summed E-state index contributed by atoms with van der Waals surface area (Å²) >= 11 is 0. The molecule has 1 rings (SSSR count). The molecule has 0 spiro atoms. The number of aromatic carboxylic acids is 1. The van der Waals surface area contributed by atoms with E-state index in [0.29, 0.717) is 12.1 Å². The first kappa shape index (κ1) is 12.6. The summed E-state index contributed by atoms with van der Waals surface area (Å²) in [6.07, 6.45) is 1.01. The molecule has 0 heterocycles. The lowest BCUT2D eigenvalue weighted by Crippen LogP contribution is -2.19. The SMILES string of the molecule is CCCN(C)Cc1ccc(C(=O)O)cc1F. The second-order valence-corrected chi connectivity index (χ2v) is 3.85. The summed E-state index contributed by atoms with van der Waals surface area (Å²) in [7, 11) is 1.91. The molecular formula is C12H16FNO2. The Balaban J connectivity index is 2.79. The van der Waals surface area contributed by atoms with Crippen molar-refractivity contribution < 1.29 is 14.3 Å². The maximum atomic E-state index is 13.5. The number of carbonyl (C=O) groups is 1. The Morgan fingerprint density at radius 3 is 2.69 bits per heavy atom. The quantitative estimate of drug-likeness (QED) is 0.836. The zero-order chi connectivity index (χ0) is 12.1. The van der Waals surface area contributed by atoms with Crippen molar-refractivity contribution >= 4 is 5.97 Å². The molecule has 0 unspecified atom stereocenters. The van der Waals surface area contributed by atoms with Crippen molar-refractivity contribution in [2.45, 2.75) is 19.9 Å². The summed E-state index contributed by atoms with van der Waals surface area (Å²) in [6.45, 7) is 3.44. The van der Waals surface area contributed by atoms with Crippen molar-refractivity contribution in [3.05, 3.63) is 35.1 Å². The lowest BCUT2D eigenvalue weighted by Gasteiger charge is -2.15. The standard InChI is InChI=1S/C12H16FNO2/c1-3-6-14(2)8-10-5-4-9(12(15)16)7-11(10)13/h4-5,7H,3,6,8H2,1-2H3,(H,15,16). The topological polar surface area (TPSA) is 40.5 Å². The Bertz CT molecular complexity index is 379. The summed E-state index contributed by atoms with van der Waals surface area (Å²) in [5.41, 5.74) is 0.514. The van der Waals surface area contributed by atoms with E-state index in [1.807, 2.05) is 11.9 Å². The van der Waals surface area contributed by atoms with Gasteiger partial charge in [0.2, 0.25) is 0 Å². The van der Waals surface area contributed by atoms with Crippen LogP contribution in [0, 0.1) is 5.82 Å². The highest BCUT2D eigenvalue weighted by molar-refractivity contribution is 5.87. The van der Waals surface area contributed by atoms with E-state index in [1.54, 1.807) is 0 Å². The molecule has 0 radical (unpaired) electrons. The van der Waals surface area contributed by atoms with E-state index >= 15 is 0 Å². The second-order valence-electron chi connectivity index (χ2n) is 3.85. The average Bonchev–Trinajstić information content (AvgIpc) is 2.21. The first-order valence-electron chi connectivity index (χ1n) is 5.25. The fourth-order valence-corrected chi connectivity index (χ4v) is 1.56. The third-order valence-electron chi connectivity index (χ3n) is 2.35. The normalized spacial score (nSPS) is 10.8. The summed E-state index contributed by atoms with van der Waals surface area (Å²) in [5.74, 6) is -1.56. The molecule has 0 aliphatic heterocycles. The van der Waals surface area contributed by atoms with Crippen LogP contribution in [0.3, 0.4) is 0 Å². The van der Waals surface area contributed by atoms with Gasteiger partial charge >= 0.3 is 5.97 Å². The lowest BCUT2D eigenvalue weighted by molar-refractivity contribution is 0.0696. The molecule has 3 nitrogen and oxygen atoms in total. The van der Waals surface area contributed by atoms with Crippen molar-refractivity contribution in [3.63, 3.8) is 0 Å². The van der Waals surface area contributed by atoms with Crippen LogP contribution in [0.15, 0.2) is 18.2 Å². The van der Waals surface area contributed by atoms with Crippen molar-refractivity contribution in [1.29, 1.82) is 0 Å². The van der Waals surface area contributed by atoms with Gasteiger partial charge in [-0.3, -0.25) is 0 Å². The van der Waals surface area contributed by atoms with E-state index in [1.165, 1.54) is 12.1 Å². The van der Waals surface area contributed by atoms with Gasteiger partial charge in [0, 0.05) is 12.1 Å². The zero-order valence-corrected chi connectivity index (χ0v) is 9.53. The molecule has 4 heteroatoms. The van der Waals surface area contributed by atoms with Crippen LogP contribution in [0.5, 0.6) is 0 Å². The summed E-state index contributed by atoms with van der Waals surface area (Å²) < 4.78 is 13.5. The number of nitrogens with zero attached hydrogens (tertiary/aromatic N) is 1. The molecule has 1 aromatic rings. The minimum Gasteiger partial charge on any atom is -0.478 e. The van der Waals surface area contributed by atoms with Crippen LogP contribution in [0.1, 0.15) is 29.3 Å². The van der Waals surface area contributed by atoms with Crippen LogP contribution in [0.2, 0.25) is 0 Å². The molecule has 0 aliphatic rings. The Hall–Kier alpha value is -1.42. The van der Waals surface area contributed by atoms with Crippen LogP contribution in [0.4, 0.5) is 4.39 Å². The van der Waals surface area contributed by atoms with Crippen molar-refractivity contribution in [2.24, 2.45) is 0 Å². The Labute approximate surface area is 94.5 Å². The number of rotatable bonds is 5. The third kappa shape index (κ3) is 3.31. The van der Waals surface area contributed by atoms with Gasteiger partial charge < -0.3 is 10.0 Å². The molecule has 0 bridgehead atoms. The van der Waals surface area contributed by atoms with Gasteiger partial charge in [-0.1, -0.05) is 13.0 Å². The van der Waals surface area contributed by atoms with Crippen molar-refractivity contribution in [3.8, 4) is 0 Å². The number of hydrogen-bond acceptors (Lipinski definition) is 2. The number of benzene rings is 1. The van der Waals surface area contributed by atoms with Crippen LogP contribution in [0.25, 0.3) is 0 Å². The maximum Gasteiger partial charge on any atom is 0.335 e. The van der Waals surface area contributed by atoms with Gasteiger partial charge in [0.15, 0.2) is 0 Å². The van der Waals surface area contributed by atoms with E-state index in [2.05, 4.69) is 6.92 Å². The number of carboxylic acids is 1. The number of carboxylic acid groups (broad SMARTS) is 1. The predicted octanol–water partition coefficient (Wildman–Crippen LogP) is 2.37. The molecule has 1 aromatic carbocycles. The highest BCUT2D eigenvalue weighted by atomic mass is 19.1. The summed E-state index contributed by atoms with van der Waals surface area (Å²) in [5, 5.41) is 8.69. The maximum absolute atomic E-state index is 13.5. The van der Waals surface area contributed by atoms with Crippen molar-refractivity contribution in [2.75, 3.05) is 13.6 Å². The molecule has 0 aromatic heterocycles. The van der Waals surface area contributed by atoms with Crippen LogP contribution in [-0.2, 0) is 6.54 Å². The zero-order valence-electron chi connectivity index (χ0n) is 9.53. The van der Waals surface area contributed by atoms with Gasteiger partial charge in [0.1, 0.15) is 5.82 Å².